The lowest BCUT2D eigenvalue weighted by atomic mass is 10.0. The highest BCUT2D eigenvalue weighted by Gasteiger charge is 2.20. The number of rotatable bonds is 7. The number of benzene rings is 1. The van der Waals surface area contributed by atoms with Crippen molar-refractivity contribution in [3.05, 3.63) is 23.8 Å². The van der Waals surface area contributed by atoms with Gasteiger partial charge < -0.3 is 20.5 Å². The van der Waals surface area contributed by atoms with Crippen molar-refractivity contribution in [2.75, 3.05) is 11.9 Å². The summed E-state index contributed by atoms with van der Waals surface area (Å²) in [6.45, 7) is 6.84. The smallest absolute Gasteiger partial charge is 0.320 e. The van der Waals surface area contributed by atoms with E-state index in [0.717, 1.165) is 30.8 Å². The first-order chi connectivity index (χ1) is 10.5. The Kier molecular flexibility index (Phi) is 5.66. The summed E-state index contributed by atoms with van der Waals surface area (Å²) in [6.07, 6.45) is 2.59. The average molecular weight is 306 g/mol. The van der Waals surface area contributed by atoms with Crippen molar-refractivity contribution in [2.45, 2.75) is 58.2 Å². The first-order valence-corrected chi connectivity index (χ1v) is 8.05. The summed E-state index contributed by atoms with van der Waals surface area (Å²) in [5.41, 5.74) is 2.20. The summed E-state index contributed by atoms with van der Waals surface area (Å²) in [7, 11) is 0. The highest BCUT2D eigenvalue weighted by atomic mass is 16.5. The molecular formula is C17H26N2O3. The zero-order valence-corrected chi connectivity index (χ0v) is 13.6. The number of hydrogen-bond donors (Lipinski definition) is 3. The summed E-state index contributed by atoms with van der Waals surface area (Å²) in [4.78, 5) is 11.1. The Bertz CT molecular complexity index is 519. The van der Waals surface area contributed by atoms with Crippen LogP contribution in [0.4, 0.5) is 5.69 Å². The van der Waals surface area contributed by atoms with Gasteiger partial charge in [0, 0.05) is 6.04 Å². The molecular weight excluding hydrogens is 280 g/mol. The average Bonchev–Trinajstić information content (AvgIpc) is 2.51. The van der Waals surface area contributed by atoms with Crippen molar-refractivity contribution < 1.29 is 14.6 Å². The standard InChI is InChI=1S/C17H26N2O3/c1-4-13-10-18-15-9-12(6-7-16(15)22-13)8-11(3)19-14(5-2)17(20)21/h6-7,9,11,13-14,18-19H,4-5,8,10H2,1-3H3,(H,20,21). The van der Waals surface area contributed by atoms with E-state index in [-0.39, 0.29) is 12.1 Å². The molecule has 1 heterocycles. The highest BCUT2D eigenvalue weighted by Crippen LogP contribution is 2.31. The largest absolute Gasteiger partial charge is 0.486 e. The summed E-state index contributed by atoms with van der Waals surface area (Å²) >= 11 is 0. The van der Waals surface area contributed by atoms with Gasteiger partial charge in [-0.3, -0.25) is 4.79 Å². The van der Waals surface area contributed by atoms with Gasteiger partial charge in [-0.05, 0) is 43.9 Å². The van der Waals surface area contributed by atoms with E-state index in [0.29, 0.717) is 6.42 Å². The Labute approximate surface area is 132 Å². The fraction of sp³-hybridized carbons (Fsp3) is 0.588. The third-order valence-electron chi connectivity index (χ3n) is 4.05. The van der Waals surface area contributed by atoms with Gasteiger partial charge in [-0.25, -0.2) is 0 Å². The predicted octanol–water partition coefficient (Wildman–Crippen LogP) is 2.65. The van der Waals surface area contributed by atoms with Crippen molar-refractivity contribution in [2.24, 2.45) is 0 Å². The maximum atomic E-state index is 11.1. The fourth-order valence-corrected chi connectivity index (χ4v) is 2.74. The fourth-order valence-electron chi connectivity index (χ4n) is 2.74. The van der Waals surface area contributed by atoms with Crippen LogP contribution in [0, 0.1) is 0 Å². The molecule has 0 amide bonds. The number of carbonyl (C=O) groups is 1. The molecule has 0 aliphatic carbocycles. The lowest BCUT2D eigenvalue weighted by molar-refractivity contribution is -0.139. The van der Waals surface area contributed by atoms with Gasteiger partial charge in [-0.15, -0.1) is 0 Å². The SMILES string of the molecule is CCC1CNc2cc(CC(C)NC(CC)C(=O)O)ccc2O1. The topological polar surface area (TPSA) is 70.6 Å². The van der Waals surface area contributed by atoms with Gasteiger partial charge in [0.2, 0.25) is 0 Å². The number of aliphatic carboxylic acids is 1. The molecule has 122 valence electrons. The van der Waals surface area contributed by atoms with E-state index in [2.05, 4.69) is 29.7 Å². The van der Waals surface area contributed by atoms with Crippen molar-refractivity contribution in [1.29, 1.82) is 0 Å². The van der Waals surface area contributed by atoms with Crippen molar-refractivity contribution in [3.8, 4) is 5.75 Å². The van der Waals surface area contributed by atoms with Crippen molar-refractivity contribution in [1.82, 2.24) is 5.32 Å². The minimum atomic E-state index is -0.791. The maximum absolute atomic E-state index is 11.1. The first-order valence-electron chi connectivity index (χ1n) is 8.05. The lowest BCUT2D eigenvalue weighted by Gasteiger charge is -2.27. The third-order valence-corrected chi connectivity index (χ3v) is 4.05. The van der Waals surface area contributed by atoms with Gasteiger partial charge >= 0.3 is 5.97 Å². The van der Waals surface area contributed by atoms with Crippen LogP contribution in [-0.4, -0.2) is 35.8 Å². The molecule has 0 radical (unpaired) electrons. The Morgan fingerprint density at radius 1 is 1.50 bits per heavy atom. The van der Waals surface area contributed by atoms with E-state index in [1.54, 1.807) is 0 Å². The van der Waals surface area contributed by atoms with Crippen LogP contribution in [0.5, 0.6) is 5.75 Å². The van der Waals surface area contributed by atoms with E-state index in [4.69, 9.17) is 9.84 Å². The second kappa shape index (κ2) is 7.49. The number of ether oxygens (including phenoxy) is 1. The number of anilines is 1. The molecule has 0 spiro atoms. The number of hydrogen-bond acceptors (Lipinski definition) is 4. The quantitative estimate of drug-likeness (QED) is 0.722. The third kappa shape index (κ3) is 4.13. The van der Waals surface area contributed by atoms with E-state index in [1.807, 2.05) is 19.9 Å². The van der Waals surface area contributed by atoms with Crippen molar-refractivity contribution >= 4 is 11.7 Å². The molecule has 1 aliphatic rings. The van der Waals surface area contributed by atoms with E-state index >= 15 is 0 Å². The minimum absolute atomic E-state index is 0.104. The molecule has 0 aromatic heterocycles. The molecule has 0 saturated heterocycles. The van der Waals surface area contributed by atoms with Crippen LogP contribution in [0.1, 0.15) is 39.2 Å². The zero-order valence-electron chi connectivity index (χ0n) is 13.6. The summed E-state index contributed by atoms with van der Waals surface area (Å²) in [5, 5.41) is 15.7. The molecule has 0 bridgehead atoms. The van der Waals surface area contributed by atoms with Gasteiger partial charge in [0.25, 0.3) is 0 Å². The number of fused-ring (bicyclic) bond motifs is 1. The zero-order chi connectivity index (χ0) is 16.1. The van der Waals surface area contributed by atoms with Crippen LogP contribution < -0.4 is 15.4 Å². The van der Waals surface area contributed by atoms with Gasteiger partial charge in [-0.2, -0.15) is 0 Å². The Morgan fingerprint density at radius 2 is 2.27 bits per heavy atom. The van der Waals surface area contributed by atoms with E-state index in [9.17, 15) is 4.79 Å². The minimum Gasteiger partial charge on any atom is -0.486 e. The summed E-state index contributed by atoms with van der Waals surface area (Å²) in [6, 6.07) is 5.77. The van der Waals surface area contributed by atoms with E-state index < -0.39 is 12.0 Å². The monoisotopic (exact) mass is 306 g/mol. The molecule has 3 unspecified atom stereocenters. The molecule has 1 aliphatic heterocycles. The van der Waals surface area contributed by atoms with Crippen LogP contribution in [0.25, 0.3) is 0 Å². The van der Waals surface area contributed by atoms with Crippen LogP contribution in [0.3, 0.4) is 0 Å². The number of carboxylic acids is 1. The van der Waals surface area contributed by atoms with Gasteiger partial charge in [0.05, 0.1) is 12.2 Å². The summed E-state index contributed by atoms with van der Waals surface area (Å²) < 4.78 is 5.90. The molecule has 3 N–H and O–H groups in total. The molecule has 0 fully saturated rings. The van der Waals surface area contributed by atoms with Crippen LogP contribution in [0.2, 0.25) is 0 Å². The van der Waals surface area contributed by atoms with Gasteiger partial charge in [-0.1, -0.05) is 19.9 Å². The lowest BCUT2D eigenvalue weighted by Crippen LogP contribution is -2.42. The van der Waals surface area contributed by atoms with Gasteiger partial charge in [0.1, 0.15) is 17.9 Å². The van der Waals surface area contributed by atoms with Crippen LogP contribution in [0.15, 0.2) is 18.2 Å². The predicted molar refractivity (Wildman–Crippen MR) is 87.7 cm³/mol. The maximum Gasteiger partial charge on any atom is 0.320 e. The molecule has 0 saturated carbocycles. The highest BCUT2D eigenvalue weighted by molar-refractivity contribution is 5.73. The van der Waals surface area contributed by atoms with Gasteiger partial charge in [0.15, 0.2) is 0 Å². The molecule has 3 atom stereocenters. The van der Waals surface area contributed by atoms with Crippen LogP contribution >= 0.6 is 0 Å². The molecule has 2 rings (SSSR count). The normalized spacial score (nSPS) is 19.5. The number of carboxylic acid groups (broad SMARTS) is 1. The molecule has 5 nitrogen and oxygen atoms in total. The summed E-state index contributed by atoms with van der Waals surface area (Å²) in [5.74, 6) is 0.111. The molecule has 5 heteroatoms. The van der Waals surface area contributed by atoms with E-state index in [1.165, 1.54) is 5.56 Å². The first kappa shape index (κ1) is 16.6. The van der Waals surface area contributed by atoms with Crippen molar-refractivity contribution in [3.63, 3.8) is 0 Å². The second-order valence-electron chi connectivity index (χ2n) is 5.93. The Hall–Kier alpha value is -1.75. The molecule has 1 aromatic carbocycles. The molecule has 1 aromatic rings. The Morgan fingerprint density at radius 3 is 2.91 bits per heavy atom. The Balaban J connectivity index is 1.98. The van der Waals surface area contributed by atoms with Crippen LogP contribution in [-0.2, 0) is 11.2 Å². The second-order valence-corrected chi connectivity index (χ2v) is 5.93. The number of nitrogens with one attached hydrogen (secondary N) is 2. The molecule has 22 heavy (non-hydrogen) atoms.